The number of rotatable bonds is 7. The molecule has 1 aliphatic rings. The maximum atomic E-state index is 12.1. The summed E-state index contributed by atoms with van der Waals surface area (Å²) in [5.74, 6) is -0.159. The monoisotopic (exact) mass is 320 g/mol. The van der Waals surface area contributed by atoms with Crippen LogP contribution in [0.2, 0.25) is 0 Å². The van der Waals surface area contributed by atoms with Crippen LogP contribution in [0.25, 0.3) is 0 Å². The molecular weight excluding hydrogens is 300 g/mol. The van der Waals surface area contributed by atoms with Crippen LogP contribution in [0.1, 0.15) is 23.7 Å². The SMILES string of the molecule is CCC(=O)c1ccc2c(c1)N(CC(=O)NCCOC)C(=O)CO2. The molecule has 0 aliphatic carbocycles. The van der Waals surface area contributed by atoms with Crippen LogP contribution in [0.5, 0.6) is 5.75 Å². The number of carbonyl (C=O) groups excluding carboxylic acids is 3. The third kappa shape index (κ3) is 4.07. The summed E-state index contributed by atoms with van der Waals surface area (Å²) in [5.41, 5.74) is 0.941. The summed E-state index contributed by atoms with van der Waals surface area (Å²) in [5, 5.41) is 2.67. The zero-order chi connectivity index (χ0) is 16.8. The van der Waals surface area contributed by atoms with Crippen molar-refractivity contribution in [3.05, 3.63) is 23.8 Å². The molecule has 1 heterocycles. The van der Waals surface area contributed by atoms with E-state index in [9.17, 15) is 14.4 Å². The summed E-state index contributed by atoms with van der Waals surface area (Å²) in [6.45, 7) is 2.29. The fourth-order valence-electron chi connectivity index (χ4n) is 2.25. The highest BCUT2D eigenvalue weighted by Gasteiger charge is 2.28. The fourth-order valence-corrected chi connectivity index (χ4v) is 2.25. The maximum Gasteiger partial charge on any atom is 0.265 e. The van der Waals surface area contributed by atoms with E-state index in [4.69, 9.17) is 9.47 Å². The normalized spacial score (nSPS) is 13.3. The molecule has 1 aliphatic heterocycles. The number of carbonyl (C=O) groups is 3. The van der Waals surface area contributed by atoms with Gasteiger partial charge in [-0.15, -0.1) is 0 Å². The van der Waals surface area contributed by atoms with Crippen molar-refractivity contribution in [3.8, 4) is 5.75 Å². The molecule has 2 amide bonds. The molecule has 0 fully saturated rings. The van der Waals surface area contributed by atoms with E-state index in [0.717, 1.165) is 0 Å². The summed E-state index contributed by atoms with van der Waals surface area (Å²) in [6.07, 6.45) is 0.366. The molecule has 0 radical (unpaired) electrons. The molecule has 0 saturated heterocycles. The lowest BCUT2D eigenvalue weighted by Gasteiger charge is -2.29. The number of amides is 2. The highest BCUT2D eigenvalue weighted by Crippen LogP contribution is 2.33. The highest BCUT2D eigenvalue weighted by molar-refractivity contribution is 6.04. The van der Waals surface area contributed by atoms with E-state index in [1.54, 1.807) is 32.2 Å². The molecule has 1 aromatic carbocycles. The summed E-state index contributed by atoms with van der Waals surface area (Å²) < 4.78 is 10.2. The number of ketones is 1. The molecule has 1 N–H and O–H groups in total. The van der Waals surface area contributed by atoms with E-state index in [-0.39, 0.29) is 30.7 Å². The number of fused-ring (bicyclic) bond motifs is 1. The number of hydrogen-bond donors (Lipinski definition) is 1. The Balaban J connectivity index is 2.19. The van der Waals surface area contributed by atoms with E-state index < -0.39 is 0 Å². The minimum absolute atomic E-state index is 0.0321. The van der Waals surface area contributed by atoms with Crippen molar-refractivity contribution in [2.45, 2.75) is 13.3 Å². The van der Waals surface area contributed by atoms with Gasteiger partial charge in [-0.25, -0.2) is 0 Å². The molecule has 0 spiro atoms. The molecule has 7 heteroatoms. The van der Waals surface area contributed by atoms with Crippen LogP contribution in [0.4, 0.5) is 5.69 Å². The number of benzene rings is 1. The van der Waals surface area contributed by atoms with Gasteiger partial charge in [0.1, 0.15) is 12.3 Å². The van der Waals surface area contributed by atoms with Crippen LogP contribution in [0.15, 0.2) is 18.2 Å². The lowest BCUT2D eigenvalue weighted by atomic mass is 10.1. The highest BCUT2D eigenvalue weighted by atomic mass is 16.5. The second-order valence-electron chi connectivity index (χ2n) is 5.07. The van der Waals surface area contributed by atoms with Crippen molar-refractivity contribution >= 4 is 23.3 Å². The summed E-state index contributed by atoms with van der Waals surface area (Å²) >= 11 is 0. The first-order valence-electron chi connectivity index (χ1n) is 7.42. The van der Waals surface area contributed by atoms with Crippen molar-refractivity contribution in [3.63, 3.8) is 0 Å². The number of Topliss-reactive ketones (excluding diaryl/α,β-unsaturated/α-hetero) is 1. The van der Waals surface area contributed by atoms with Gasteiger partial charge in [-0.2, -0.15) is 0 Å². The van der Waals surface area contributed by atoms with Crippen molar-refractivity contribution < 1.29 is 23.9 Å². The Bertz CT molecular complexity index is 614. The average molecular weight is 320 g/mol. The smallest absolute Gasteiger partial charge is 0.265 e. The molecule has 1 aromatic rings. The number of nitrogens with one attached hydrogen (secondary N) is 1. The Hall–Kier alpha value is -2.41. The Kier molecular flexibility index (Phi) is 5.70. The molecule has 0 saturated carbocycles. The predicted molar refractivity (Wildman–Crippen MR) is 83.8 cm³/mol. The van der Waals surface area contributed by atoms with Crippen molar-refractivity contribution in [1.29, 1.82) is 0 Å². The number of nitrogens with zero attached hydrogens (tertiary/aromatic N) is 1. The van der Waals surface area contributed by atoms with Gasteiger partial charge in [0.2, 0.25) is 5.91 Å². The standard InChI is InChI=1S/C16H20N2O5/c1-3-13(19)11-4-5-14-12(8-11)18(16(21)10-23-14)9-15(20)17-6-7-22-2/h4-5,8H,3,6-7,9-10H2,1-2H3,(H,17,20). The quantitative estimate of drug-likeness (QED) is 0.592. The minimum Gasteiger partial charge on any atom is -0.482 e. The first-order valence-corrected chi connectivity index (χ1v) is 7.42. The van der Waals surface area contributed by atoms with Gasteiger partial charge in [0, 0.05) is 25.6 Å². The van der Waals surface area contributed by atoms with Crippen LogP contribution in [-0.4, -0.2) is 51.0 Å². The zero-order valence-electron chi connectivity index (χ0n) is 13.3. The van der Waals surface area contributed by atoms with Gasteiger partial charge >= 0.3 is 0 Å². The molecule has 7 nitrogen and oxygen atoms in total. The van der Waals surface area contributed by atoms with Crippen LogP contribution in [0, 0.1) is 0 Å². The molecule has 0 atom stereocenters. The minimum atomic E-state index is -0.319. The molecule has 23 heavy (non-hydrogen) atoms. The van der Waals surface area contributed by atoms with E-state index in [2.05, 4.69) is 5.32 Å². The van der Waals surface area contributed by atoms with Crippen LogP contribution in [-0.2, 0) is 14.3 Å². The van der Waals surface area contributed by atoms with E-state index >= 15 is 0 Å². The number of ether oxygens (including phenoxy) is 2. The first kappa shape index (κ1) is 17.0. The Morgan fingerprint density at radius 3 is 2.87 bits per heavy atom. The summed E-state index contributed by atoms with van der Waals surface area (Å²) in [6, 6.07) is 4.92. The number of methoxy groups -OCH3 is 1. The molecule has 0 bridgehead atoms. The summed E-state index contributed by atoms with van der Waals surface area (Å²) in [7, 11) is 1.54. The molecule has 2 rings (SSSR count). The number of anilines is 1. The van der Waals surface area contributed by atoms with Gasteiger partial charge in [-0.05, 0) is 18.2 Å². The van der Waals surface area contributed by atoms with Crippen LogP contribution < -0.4 is 15.0 Å². The lowest BCUT2D eigenvalue weighted by Crippen LogP contribution is -2.45. The largest absolute Gasteiger partial charge is 0.482 e. The Morgan fingerprint density at radius 1 is 1.39 bits per heavy atom. The van der Waals surface area contributed by atoms with Gasteiger partial charge < -0.3 is 14.8 Å². The van der Waals surface area contributed by atoms with Crippen LogP contribution >= 0.6 is 0 Å². The Morgan fingerprint density at radius 2 is 2.17 bits per heavy atom. The molecular formula is C16H20N2O5. The van der Waals surface area contributed by atoms with Gasteiger partial charge in [-0.1, -0.05) is 6.92 Å². The lowest BCUT2D eigenvalue weighted by molar-refractivity contribution is -0.125. The average Bonchev–Trinajstić information content (AvgIpc) is 2.56. The third-order valence-electron chi connectivity index (χ3n) is 3.48. The van der Waals surface area contributed by atoms with Gasteiger partial charge in [0.25, 0.3) is 5.91 Å². The van der Waals surface area contributed by atoms with Gasteiger partial charge in [-0.3, -0.25) is 19.3 Å². The zero-order valence-corrected chi connectivity index (χ0v) is 13.3. The van der Waals surface area contributed by atoms with Crippen molar-refractivity contribution in [2.24, 2.45) is 0 Å². The van der Waals surface area contributed by atoms with E-state index in [1.807, 2.05) is 0 Å². The van der Waals surface area contributed by atoms with E-state index in [0.29, 0.717) is 36.6 Å². The van der Waals surface area contributed by atoms with Crippen LogP contribution in [0.3, 0.4) is 0 Å². The topological polar surface area (TPSA) is 84.9 Å². The molecule has 0 aromatic heterocycles. The molecule has 124 valence electrons. The second-order valence-corrected chi connectivity index (χ2v) is 5.07. The van der Waals surface area contributed by atoms with Crippen molar-refractivity contribution in [1.82, 2.24) is 5.32 Å². The number of hydrogen-bond acceptors (Lipinski definition) is 5. The second kappa shape index (κ2) is 7.73. The summed E-state index contributed by atoms with van der Waals surface area (Å²) in [4.78, 5) is 37.2. The first-order chi connectivity index (χ1) is 11.1. The maximum absolute atomic E-state index is 12.1. The molecule has 0 unspecified atom stereocenters. The third-order valence-corrected chi connectivity index (χ3v) is 3.48. The van der Waals surface area contributed by atoms with E-state index in [1.165, 1.54) is 4.90 Å². The Labute approximate surface area is 134 Å². The fraction of sp³-hybridized carbons (Fsp3) is 0.438. The van der Waals surface area contributed by atoms with Gasteiger partial charge in [0.05, 0.1) is 12.3 Å². The van der Waals surface area contributed by atoms with Gasteiger partial charge in [0.15, 0.2) is 12.4 Å². The van der Waals surface area contributed by atoms with Crippen molar-refractivity contribution in [2.75, 3.05) is 38.3 Å². The predicted octanol–water partition coefficient (Wildman–Crippen LogP) is 0.767.